The summed E-state index contributed by atoms with van der Waals surface area (Å²) in [6, 6.07) is 80.7. The van der Waals surface area contributed by atoms with E-state index in [1.807, 2.05) is 11.8 Å². The molecular weight excluding hydrogens is 972 g/mol. The van der Waals surface area contributed by atoms with Crippen molar-refractivity contribution < 1.29 is 0 Å². The summed E-state index contributed by atoms with van der Waals surface area (Å²) < 4.78 is 0. The van der Waals surface area contributed by atoms with Crippen LogP contribution in [0.1, 0.15) is 143 Å². The van der Waals surface area contributed by atoms with Gasteiger partial charge in [-0.25, -0.2) is 0 Å². The Morgan fingerprint density at radius 2 is 0.734 bits per heavy atom. The molecule has 0 fully saturated rings. The molecule has 0 atom stereocenters. The van der Waals surface area contributed by atoms with Crippen LogP contribution in [0.3, 0.4) is 0 Å². The van der Waals surface area contributed by atoms with Gasteiger partial charge in [-0.2, -0.15) is 0 Å². The van der Waals surface area contributed by atoms with Crippen LogP contribution < -0.4 is 26.2 Å². The smallest absolute Gasteiger partial charge is 0.244 e. The van der Waals surface area contributed by atoms with Gasteiger partial charge in [0.2, 0.25) is 6.71 Å². The molecule has 14 rings (SSSR count). The van der Waals surface area contributed by atoms with Crippen LogP contribution in [-0.2, 0) is 10.8 Å². The third kappa shape index (κ3) is 7.12. The predicted molar refractivity (Wildman–Crippen MR) is 336 cm³/mol. The van der Waals surface area contributed by atoms with Gasteiger partial charge in [-0.15, -0.1) is 0 Å². The van der Waals surface area contributed by atoms with Crippen LogP contribution in [0.15, 0.2) is 216 Å². The Bertz CT molecular complexity index is 3940. The lowest BCUT2D eigenvalue weighted by molar-refractivity contribution is 0.606. The number of aryl methyl sites for hydroxylation is 4. The first-order chi connectivity index (χ1) is 38.3. The number of hydrogen-bond acceptors (Lipinski definition) is 3. The summed E-state index contributed by atoms with van der Waals surface area (Å²) in [6.45, 7) is 23.4. The minimum absolute atomic E-state index is 0.108. The quantitative estimate of drug-likeness (QED) is 0.153. The summed E-state index contributed by atoms with van der Waals surface area (Å²) in [5, 5.41) is 0. The molecule has 0 saturated carbocycles. The molecule has 0 bridgehead atoms. The van der Waals surface area contributed by atoms with Gasteiger partial charge in [-0.05, 0) is 161 Å². The molecule has 3 heterocycles. The van der Waals surface area contributed by atoms with Gasteiger partial charge in [0.1, 0.15) is 0 Å². The SMILES string of the molecule is Cc1ccc2c(c1)C1(c3cc(C)ccc3N2c2ccccc2)c2ccccc2C2(c3cc(C)ccc3N(c3ccc4c(c3)Sc3ccccc3B4c3c(C(C)C)cc(C(C)C)cc3C(C)C)c3ccc(C)cc32)c2ccccc21. The van der Waals surface area contributed by atoms with Crippen molar-refractivity contribution >= 4 is 69.0 Å². The van der Waals surface area contributed by atoms with E-state index in [1.54, 1.807) is 0 Å². The normalized spacial score (nSPS) is 14.9. The largest absolute Gasteiger partial charge is 0.310 e. The van der Waals surface area contributed by atoms with E-state index in [0.717, 1.165) is 5.69 Å². The third-order valence-corrected chi connectivity index (χ3v) is 19.3. The zero-order valence-corrected chi connectivity index (χ0v) is 48.1. The molecule has 10 aromatic carbocycles. The molecular formula is C75H67BN2S. The van der Waals surface area contributed by atoms with Gasteiger partial charge in [0, 0.05) is 21.2 Å². The molecule has 0 saturated heterocycles. The van der Waals surface area contributed by atoms with Gasteiger partial charge in [0.15, 0.2) is 0 Å². The van der Waals surface area contributed by atoms with Crippen LogP contribution in [-0.4, -0.2) is 6.71 Å². The van der Waals surface area contributed by atoms with Gasteiger partial charge in [0.25, 0.3) is 0 Å². The van der Waals surface area contributed by atoms with E-state index in [4.69, 9.17) is 0 Å². The highest BCUT2D eigenvalue weighted by molar-refractivity contribution is 8.00. The monoisotopic (exact) mass is 1040 g/mol. The van der Waals surface area contributed by atoms with Crippen molar-refractivity contribution in [3.63, 3.8) is 0 Å². The minimum atomic E-state index is -0.683. The molecule has 386 valence electrons. The van der Waals surface area contributed by atoms with E-state index in [-0.39, 0.29) is 6.71 Å². The first-order valence-electron chi connectivity index (χ1n) is 28.7. The zero-order chi connectivity index (χ0) is 54.2. The lowest BCUT2D eigenvalue weighted by Crippen LogP contribution is -2.57. The van der Waals surface area contributed by atoms with Crippen LogP contribution in [0.25, 0.3) is 0 Å². The molecule has 79 heavy (non-hydrogen) atoms. The van der Waals surface area contributed by atoms with Crippen LogP contribution in [0, 0.1) is 27.7 Å². The number of benzene rings is 10. The zero-order valence-electron chi connectivity index (χ0n) is 47.2. The second-order valence-electron chi connectivity index (χ2n) is 24.1. The molecule has 0 aromatic heterocycles. The van der Waals surface area contributed by atoms with Crippen molar-refractivity contribution in [2.45, 2.75) is 108 Å². The lowest BCUT2D eigenvalue weighted by Gasteiger charge is -2.56. The fourth-order valence-corrected chi connectivity index (χ4v) is 15.9. The Hall–Kier alpha value is -7.79. The molecule has 4 aliphatic rings. The summed E-state index contributed by atoms with van der Waals surface area (Å²) in [5.74, 6) is 1.20. The lowest BCUT2D eigenvalue weighted by atomic mass is 9.34. The second-order valence-corrected chi connectivity index (χ2v) is 25.1. The number of rotatable bonds is 6. The second kappa shape index (κ2) is 18.4. The Labute approximate surface area is 473 Å². The number of nitrogens with zero attached hydrogens (tertiary/aromatic N) is 2. The number of hydrogen-bond donors (Lipinski definition) is 0. The Morgan fingerprint density at radius 1 is 0.342 bits per heavy atom. The van der Waals surface area contributed by atoms with Crippen molar-refractivity contribution in [2.24, 2.45) is 0 Å². The van der Waals surface area contributed by atoms with E-state index in [0.29, 0.717) is 17.8 Å². The first kappa shape index (κ1) is 49.5. The highest BCUT2D eigenvalue weighted by Crippen LogP contribution is 2.68. The molecule has 2 spiro atoms. The molecule has 3 aliphatic heterocycles. The van der Waals surface area contributed by atoms with Crippen molar-refractivity contribution in [1.82, 2.24) is 0 Å². The average Bonchev–Trinajstić information content (AvgIpc) is 2.95. The van der Waals surface area contributed by atoms with Crippen molar-refractivity contribution in [2.75, 3.05) is 9.80 Å². The van der Waals surface area contributed by atoms with E-state index in [2.05, 4.69) is 285 Å². The van der Waals surface area contributed by atoms with E-state index in [9.17, 15) is 0 Å². The summed E-state index contributed by atoms with van der Waals surface area (Å²) in [4.78, 5) is 7.77. The topological polar surface area (TPSA) is 6.48 Å². The number of para-hydroxylation sites is 1. The molecule has 0 radical (unpaired) electrons. The summed E-state index contributed by atoms with van der Waals surface area (Å²) in [6.07, 6.45) is 0. The fraction of sp³-hybridized carbons (Fsp3) is 0.200. The number of fused-ring (bicyclic) bond motifs is 16. The van der Waals surface area contributed by atoms with Gasteiger partial charge >= 0.3 is 0 Å². The number of anilines is 6. The summed E-state index contributed by atoms with van der Waals surface area (Å²) >= 11 is 1.94. The minimum Gasteiger partial charge on any atom is -0.310 e. The van der Waals surface area contributed by atoms with E-state index < -0.39 is 10.8 Å². The molecule has 10 aromatic rings. The van der Waals surface area contributed by atoms with Crippen molar-refractivity contribution in [3.8, 4) is 0 Å². The molecule has 0 amide bonds. The van der Waals surface area contributed by atoms with Crippen molar-refractivity contribution in [3.05, 3.63) is 290 Å². The Morgan fingerprint density at radius 3 is 1.16 bits per heavy atom. The van der Waals surface area contributed by atoms with Gasteiger partial charge in [-0.1, -0.05) is 244 Å². The molecule has 4 heteroatoms. The first-order valence-corrected chi connectivity index (χ1v) is 29.5. The maximum atomic E-state index is 2.60. The van der Waals surface area contributed by atoms with Gasteiger partial charge < -0.3 is 9.80 Å². The van der Waals surface area contributed by atoms with Crippen LogP contribution in [0.5, 0.6) is 0 Å². The molecule has 1 aliphatic carbocycles. The third-order valence-electron chi connectivity index (χ3n) is 18.2. The van der Waals surface area contributed by atoms with Crippen LogP contribution in [0.4, 0.5) is 34.1 Å². The highest BCUT2D eigenvalue weighted by Gasteiger charge is 2.59. The maximum absolute atomic E-state index is 2.60. The van der Waals surface area contributed by atoms with E-state index >= 15 is 0 Å². The molecule has 0 unspecified atom stereocenters. The fourth-order valence-electron chi connectivity index (χ4n) is 14.7. The van der Waals surface area contributed by atoms with Crippen LogP contribution in [0.2, 0.25) is 0 Å². The summed E-state index contributed by atoms with van der Waals surface area (Å²) in [5.41, 5.74) is 30.0. The standard InChI is InChI=1S/C75H67BN2S/c1-45(2)52-42-55(46(3)4)73(56(43-52)47(5)6)76-65-26-18-19-27-71(65)79-72-44-54(32-33-66(72)76)78-69-36-30-50(9)40-63(69)75(64-41-51(10)31-37-70(64)78)59-24-16-14-22-57(59)74(58-23-15-17-25-60(58)75)61-38-48(7)28-34-67(61)77(53-20-12-11-13-21-53)68-35-29-49(8)39-62(68)74/h11-47H,1-10H3. The van der Waals surface area contributed by atoms with E-state index in [1.165, 1.54) is 138 Å². The Kier molecular flexibility index (Phi) is 11.5. The van der Waals surface area contributed by atoms with Gasteiger partial charge in [-0.3, -0.25) is 0 Å². The average molecular weight is 1040 g/mol. The molecule has 0 N–H and O–H groups in total. The van der Waals surface area contributed by atoms with Gasteiger partial charge in [0.05, 0.1) is 33.6 Å². The maximum Gasteiger partial charge on any atom is 0.244 e. The van der Waals surface area contributed by atoms with Crippen LogP contribution >= 0.6 is 11.8 Å². The highest BCUT2D eigenvalue weighted by atomic mass is 32.2. The predicted octanol–water partition coefficient (Wildman–Crippen LogP) is 17.9. The van der Waals surface area contributed by atoms with Crippen molar-refractivity contribution in [1.29, 1.82) is 0 Å². The summed E-state index contributed by atoms with van der Waals surface area (Å²) in [7, 11) is 0. The molecule has 2 nitrogen and oxygen atoms in total. The Balaban J connectivity index is 1.03.